The summed E-state index contributed by atoms with van der Waals surface area (Å²) in [5.41, 5.74) is 0.235. The largest absolute Gasteiger partial charge is 0.311 e. The molecule has 2 rings (SSSR count). The topological polar surface area (TPSA) is 127 Å². The summed E-state index contributed by atoms with van der Waals surface area (Å²) in [5, 5.41) is 5.00. The molecule has 10 heteroatoms. The van der Waals surface area contributed by atoms with Crippen LogP contribution in [-0.4, -0.2) is 42.1 Å². The SMILES string of the molecule is CNS(=O)(=O)c1ccccc1N1CC(CS(N)(=O)=O)CC1=O. The number of anilines is 1. The van der Waals surface area contributed by atoms with Crippen molar-refractivity contribution >= 4 is 31.6 Å². The van der Waals surface area contributed by atoms with Crippen molar-refractivity contribution in [2.45, 2.75) is 11.3 Å². The molecular formula is C12H17N3O5S2. The molecule has 0 radical (unpaired) electrons. The number of amides is 1. The molecule has 1 saturated heterocycles. The fraction of sp³-hybridized carbons (Fsp3) is 0.417. The van der Waals surface area contributed by atoms with Crippen LogP contribution in [-0.2, 0) is 24.8 Å². The molecule has 0 saturated carbocycles. The summed E-state index contributed by atoms with van der Waals surface area (Å²) in [5.74, 6) is -1.09. The number of hydrogen-bond donors (Lipinski definition) is 2. The lowest BCUT2D eigenvalue weighted by Crippen LogP contribution is -2.30. The number of hydrogen-bond acceptors (Lipinski definition) is 5. The minimum Gasteiger partial charge on any atom is -0.311 e. The van der Waals surface area contributed by atoms with E-state index in [1.807, 2.05) is 0 Å². The Morgan fingerprint density at radius 1 is 1.27 bits per heavy atom. The fourth-order valence-electron chi connectivity index (χ4n) is 2.47. The number of benzene rings is 1. The Labute approximate surface area is 129 Å². The first-order valence-electron chi connectivity index (χ1n) is 6.47. The van der Waals surface area contributed by atoms with Crippen LogP contribution < -0.4 is 14.8 Å². The summed E-state index contributed by atoms with van der Waals surface area (Å²) >= 11 is 0. The number of nitrogens with one attached hydrogen (secondary N) is 1. The Morgan fingerprint density at radius 3 is 2.50 bits per heavy atom. The Bertz CT molecular complexity index is 789. The van der Waals surface area contributed by atoms with Crippen LogP contribution in [0.3, 0.4) is 0 Å². The van der Waals surface area contributed by atoms with Crippen LogP contribution >= 0.6 is 0 Å². The number of nitrogens with two attached hydrogens (primary N) is 1. The van der Waals surface area contributed by atoms with Gasteiger partial charge in [-0.2, -0.15) is 0 Å². The molecule has 0 spiro atoms. The van der Waals surface area contributed by atoms with Gasteiger partial charge in [0.05, 0.1) is 11.4 Å². The molecular weight excluding hydrogens is 330 g/mol. The van der Waals surface area contributed by atoms with Crippen LogP contribution in [0.5, 0.6) is 0 Å². The highest BCUT2D eigenvalue weighted by atomic mass is 32.2. The van der Waals surface area contributed by atoms with E-state index in [9.17, 15) is 21.6 Å². The van der Waals surface area contributed by atoms with Crippen molar-refractivity contribution in [1.82, 2.24) is 4.72 Å². The Balaban J connectivity index is 2.36. The Kier molecular flexibility index (Phi) is 4.57. The molecule has 0 aromatic heterocycles. The van der Waals surface area contributed by atoms with Crippen LogP contribution in [0.4, 0.5) is 5.69 Å². The second-order valence-electron chi connectivity index (χ2n) is 5.08. The highest BCUT2D eigenvalue weighted by molar-refractivity contribution is 7.89. The van der Waals surface area contributed by atoms with Crippen molar-refractivity contribution in [2.75, 3.05) is 24.2 Å². The van der Waals surface area contributed by atoms with Crippen LogP contribution in [0.1, 0.15) is 6.42 Å². The van der Waals surface area contributed by atoms with E-state index in [1.54, 1.807) is 12.1 Å². The first-order valence-corrected chi connectivity index (χ1v) is 9.67. The number of para-hydroxylation sites is 1. The highest BCUT2D eigenvalue weighted by Crippen LogP contribution is 2.30. The molecule has 1 aliphatic rings. The lowest BCUT2D eigenvalue weighted by molar-refractivity contribution is -0.117. The summed E-state index contributed by atoms with van der Waals surface area (Å²) in [7, 11) is -6.14. The molecule has 1 atom stereocenters. The van der Waals surface area contributed by atoms with Crippen molar-refractivity contribution in [1.29, 1.82) is 0 Å². The third-order valence-corrected chi connectivity index (χ3v) is 5.79. The van der Waals surface area contributed by atoms with Gasteiger partial charge < -0.3 is 4.90 Å². The van der Waals surface area contributed by atoms with Crippen LogP contribution in [0.15, 0.2) is 29.2 Å². The maximum absolute atomic E-state index is 12.1. The van der Waals surface area contributed by atoms with E-state index in [4.69, 9.17) is 5.14 Å². The predicted octanol–water partition coefficient (Wildman–Crippen LogP) is -0.764. The standard InChI is InChI=1S/C12H17N3O5S2/c1-14-22(19,20)11-5-3-2-4-10(11)15-7-9(6-12(15)16)8-21(13,17)18/h2-5,9,14H,6-8H2,1H3,(H2,13,17,18). The van der Waals surface area contributed by atoms with Gasteiger partial charge in [-0.1, -0.05) is 12.1 Å². The predicted molar refractivity (Wildman–Crippen MR) is 81.1 cm³/mol. The molecule has 1 fully saturated rings. The molecule has 1 aromatic carbocycles. The first-order chi connectivity index (χ1) is 10.1. The number of rotatable bonds is 5. The number of sulfonamides is 2. The number of primary sulfonamides is 1. The monoisotopic (exact) mass is 347 g/mol. The van der Waals surface area contributed by atoms with Gasteiger partial charge in [0.15, 0.2) is 0 Å². The van der Waals surface area contributed by atoms with Gasteiger partial charge in [0.25, 0.3) is 0 Å². The quantitative estimate of drug-likeness (QED) is 0.723. The van der Waals surface area contributed by atoms with E-state index in [0.29, 0.717) is 0 Å². The molecule has 0 bridgehead atoms. The normalized spacial score (nSPS) is 19.6. The second-order valence-corrected chi connectivity index (χ2v) is 8.59. The summed E-state index contributed by atoms with van der Waals surface area (Å²) in [4.78, 5) is 13.4. The fourth-order valence-corrected chi connectivity index (χ4v) is 4.28. The summed E-state index contributed by atoms with van der Waals surface area (Å²) < 4.78 is 48.6. The molecule has 1 aliphatic heterocycles. The molecule has 122 valence electrons. The van der Waals surface area contributed by atoms with Gasteiger partial charge in [-0.15, -0.1) is 0 Å². The summed E-state index contributed by atoms with van der Waals surface area (Å²) in [6.45, 7) is 0.117. The smallest absolute Gasteiger partial charge is 0.242 e. The van der Waals surface area contributed by atoms with Gasteiger partial charge in [0.1, 0.15) is 4.90 Å². The van der Waals surface area contributed by atoms with Crippen molar-refractivity contribution in [3.05, 3.63) is 24.3 Å². The summed E-state index contributed by atoms with van der Waals surface area (Å²) in [6.07, 6.45) is 0.0182. The van der Waals surface area contributed by atoms with Gasteiger partial charge >= 0.3 is 0 Å². The molecule has 22 heavy (non-hydrogen) atoms. The van der Waals surface area contributed by atoms with Crippen LogP contribution in [0, 0.1) is 5.92 Å². The third kappa shape index (κ3) is 3.64. The van der Waals surface area contributed by atoms with E-state index in [0.717, 1.165) is 0 Å². The van der Waals surface area contributed by atoms with Crippen molar-refractivity contribution in [3.63, 3.8) is 0 Å². The maximum atomic E-state index is 12.1. The van der Waals surface area contributed by atoms with Gasteiger partial charge in [-0.25, -0.2) is 26.7 Å². The van der Waals surface area contributed by atoms with E-state index in [1.165, 1.54) is 24.1 Å². The number of nitrogens with zero attached hydrogens (tertiary/aromatic N) is 1. The van der Waals surface area contributed by atoms with E-state index < -0.39 is 26.0 Å². The zero-order chi connectivity index (χ0) is 16.5. The average Bonchev–Trinajstić information content (AvgIpc) is 2.77. The van der Waals surface area contributed by atoms with E-state index in [-0.39, 0.29) is 35.2 Å². The minimum atomic E-state index is -3.73. The number of carbonyl (C=O) groups is 1. The molecule has 0 aliphatic carbocycles. The highest BCUT2D eigenvalue weighted by Gasteiger charge is 2.35. The van der Waals surface area contributed by atoms with Crippen molar-refractivity contribution < 1.29 is 21.6 Å². The van der Waals surface area contributed by atoms with Gasteiger partial charge in [-0.3, -0.25) is 4.79 Å². The first kappa shape index (κ1) is 16.9. The minimum absolute atomic E-state index is 0.0182. The lowest BCUT2D eigenvalue weighted by atomic mass is 10.1. The summed E-state index contributed by atoms with van der Waals surface area (Å²) in [6, 6.07) is 6.07. The average molecular weight is 347 g/mol. The molecule has 1 aromatic rings. The van der Waals surface area contributed by atoms with Crippen molar-refractivity contribution in [2.24, 2.45) is 11.1 Å². The van der Waals surface area contributed by atoms with Gasteiger partial charge in [-0.05, 0) is 19.2 Å². The molecule has 8 nitrogen and oxygen atoms in total. The molecule has 1 heterocycles. The Morgan fingerprint density at radius 2 is 1.91 bits per heavy atom. The molecule has 1 unspecified atom stereocenters. The zero-order valence-corrected chi connectivity index (χ0v) is 13.5. The van der Waals surface area contributed by atoms with Crippen molar-refractivity contribution in [3.8, 4) is 0 Å². The number of carbonyl (C=O) groups excluding carboxylic acids is 1. The molecule has 1 amide bonds. The third-order valence-electron chi connectivity index (χ3n) is 3.39. The second kappa shape index (κ2) is 5.95. The van der Waals surface area contributed by atoms with E-state index in [2.05, 4.69) is 4.72 Å². The zero-order valence-electron chi connectivity index (χ0n) is 11.9. The van der Waals surface area contributed by atoms with Gasteiger partial charge in [0.2, 0.25) is 26.0 Å². The van der Waals surface area contributed by atoms with E-state index >= 15 is 0 Å². The van der Waals surface area contributed by atoms with Crippen LogP contribution in [0.2, 0.25) is 0 Å². The Hall–Kier alpha value is -1.49. The molecule has 3 N–H and O–H groups in total. The van der Waals surface area contributed by atoms with Gasteiger partial charge in [0, 0.05) is 18.9 Å². The lowest BCUT2D eigenvalue weighted by Gasteiger charge is -2.20. The van der Waals surface area contributed by atoms with Crippen LogP contribution in [0.25, 0.3) is 0 Å². The maximum Gasteiger partial charge on any atom is 0.242 e.